The summed E-state index contributed by atoms with van der Waals surface area (Å²) in [7, 11) is 0. The molecule has 8 heavy (non-hydrogen) atoms. The van der Waals surface area contributed by atoms with Gasteiger partial charge in [-0.1, -0.05) is 6.92 Å². The maximum atomic E-state index is 10.2. The number of carbonyl (C=O) groups excluding carboxylic acids is 2. The first kappa shape index (κ1) is 7.14. The Bertz CT molecular complexity index is 109. The van der Waals surface area contributed by atoms with Gasteiger partial charge < -0.3 is 0 Å². The van der Waals surface area contributed by atoms with E-state index in [2.05, 4.69) is 5.32 Å². The third-order valence-electron chi connectivity index (χ3n) is 0.585. The Labute approximate surface area is 48.1 Å². The van der Waals surface area contributed by atoms with E-state index in [0.717, 1.165) is 0 Å². The third-order valence-corrected chi connectivity index (χ3v) is 0.585. The molecule has 0 aromatic carbocycles. The molecule has 0 unspecified atom stereocenters. The Morgan fingerprint density at radius 1 is 1.50 bits per heavy atom. The predicted octanol–water partition coefficient (Wildman–Crippen LogP) is 0.0739. The quantitative estimate of drug-likeness (QED) is 0.484. The highest BCUT2D eigenvalue weighted by Crippen LogP contribution is 1.75. The molecular weight excluding hydrogens is 106 g/mol. The molecular formula is C5H8NO2. The van der Waals surface area contributed by atoms with Crippen LogP contribution < -0.4 is 5.32 Å². The molecule has 0 saturated heterocycles. The summed E-state index contributed by atoms with van der Waals surface area (Å²) in [6, 6.07) is 0. The van der Waals surface area contributed by atoms with E-state index in [1.54, 1.807) is 6.92 Å². The molecule has 0 fully saturated rings. The van der Waals surface area contributed by atoms with Crippen molar-refractivity contribution in [2.45, 2.75) is 20.3 Å². The molecule has 3 heteroatoms. The van der Waals surface area contributed by atoms with Crippen molar-refractivity contribution in [1.82, 2.24) is 5.32 Å². The largest absolute Gasteiger partial charge is 0.273 e. The molecule has 0 spiro atoms. The van der Waals surface area contributed by atoms with E-state index < -0.39 is 5.91 Å². The van der Waals surface area contributed by atoms with Crippen LogP contribution in [0, 0.1) is 0 Å². The van der Waals surface area contributed by atoms with Crippen LogP contribution in [0.15, 0.2) is 0 Å². The van der Waals surface area contributed by atoms with Gasteiger partial charge in [-0.3, -0.25) is 9.59 Å². The van der Waals surface area contributed by atoms with Crippen LogP contribution in [-0.4, -0.2) is 11.8 Å². The lowest BCUT2D eigenvalue weighted by atomic mass is 10.4. The molecule has 0 aromatic heterocycles. The minimum atomic E-state index is -0.420. The molecule has 0 saturated carbocycles. The van der Waals surface area contributed by atoms with Crippen molar-refractivity contribution >= 4 is 11.8 Å². The highest BCUT2D eigenvalue weighted by Gasteiger charge is 1.99. The molecule has 3 nitrogen and oxygen atoms in total. The van der Waals surface area contributed by atoms with Gasteiger partial charge >= 0.3 is 0 Å². The number of imide groups is 1. The number of nitrogens with zero attached hydrogens (tertiary/aromatic N) is 1. The molecule has 0 heterocycles. The van der Waals surface area contributed by atoms with Crippen LogP contribution in [-0.2, 0) is 9.59 Å². The number of carbonyl (C=O) groups is 2. The van der Waals surface area contributed by atoms with E-state index in [0.29, 0.717) is 6.42 Å². The molecule has 0 N–H and O–H groups in total. The average molecular weight is 114 g/mol. The zero-order valence-electron chi connectivity index (χ0n) is 4.97. The van der Waals surface area contributed by atoms with Crippen molar-refractivity contribution in [3.8, 4) is 0 Å². The minimum Gasteiger partial charge on any atom is -0.273 e. The molecule has 1 radical (unpaired) electrons. The van der Waals surface area contributed by atoms with Gasteiger partial charge in [-0.25, -0.2) is 0 Å². The summed E-state index contributed by atoms with van der Waals surface area (Å²) in [4.78, 5) is 20.3. The zero-order chi connectivity index (χ0) is 6.57. The SMILES string of the molecule is CCC(=O)[N]C(C)=O. The van der Waals surface area contributed by atoms with Gasteiger partial charge in [0, 0.05) is 13.3 Å². The average Bonchev–Trinajstić information content (AvgIpc) is 1.65. The fourth-order valence-electron chi connectivity index (χ4n) is 0.255. The van der Waals surface area contributed by atoms with Crippen LogP contribution in [0.3, 0.4) is 0 Å². The Kier molecular flexibility index (Phi) is 2.84. The second-order valence-electron chi connectivity index (χ2n) is 1.38. The Balaban J connectivity index is 3.40. The van der Waals surface area contributed by atoms with Crippen LogP contribution >= 0.6 is 0 Å². The topological polar surface area (TPSA) is 48.2 Å². The van der Waals surface area contributed by atoms with Crippen molar-refractivity contribution in [3.63, 3.8) is 0 Å². The van der Waals surface area contributed by atoms with Gasteiger partial charge in [0.15, 0.2) is 0 Å². The van der Waals surface area contributed by atoms with Crippen molar-refractivity contribution in [2.75, 3.05) is 0 Å². The fourth-order valence-corrected chi connectivity index (χ4v) is 0.255. The van der Waals surface area contributed by atoms with Gasteiger partial charge in [0.2, 0.25) is 11.8 Å². The van der Waals surface area contributed by atoms with Crippen LogP contribution in [0.25, 0.3) is 0 Å². The fraction of sp³-hybridized carbons (Fsp3) is 0.600. The second-order valence-corrected chi connectivity index (χ2v) is 1.38. The lowest BCUT2D eigenvalue weighted by Crippen LogP contribution is -2.18. The van der Waals surface area contributed by atoms with Crippen LogP contribution in [0.5, 0.6) is 0 Å². The summed E-state index contributed by atoms with van der Waals surface area (Å²) in [5.41, 5.74) is 0. The highest BCUT2D eigenvalue weighted by atomic mass is 16.2. The molecule has 2 amide bonds. The molecule has 0 rings (SSSR count). The molecule has 0 bridgehead atoms. The number of hydrogen-bond donors (Lipinski definition) is 0. The van der Waals surface area contributed by atoms with E-state index in [1.807, 2.05) is 0 Å². The summed E-state index contributed by atoms with van der Waals surface area (Å²) in [6.07, 6.45) is 0.305. The van der Waals surface area contributed by atoms with Crippen LogP contribution in [0.1, 0.15) is 20.3 Å². The maximum Gasteiger partial charge on any atom is 0.248 e. The second kappa shape index (κ2) is 3.18. The summed E-state index contributed by atoms with van der Waals surface area (Å²) >= 11 is 0. The first-order valence-corrected chi connectivity index (χ1v) is 2.42. The van der Waals surface area contributed by atoms with Gasteiger partial charge in [-0.2, -0.15) is 5.32 Å². The van der Waals surface area contributed by atoms with E-state index in [1.165, 1.54) is 6.92 Å². The standard InChI is InChI=1S/C5H8NO2/c1-3-5(8)6-4(2)7/h3H2,1-2H3. The van der Waals surface area contributed by atoms with Crippen molar-refractivity contribution < 1.29 is 9.59 Å². The number of hydrogen-bond acceptors (Lipinski definition) is 2. The summed E-state index contributed by atoms with van der Waals surface area (Å²) in [5, 5.41) is 3.12. The molecule has 0 aliphatic heterocycles. The molecule has 45 valence electrons. The van der Waals surface area contributed by atoms with E-state index in [9.17, 15) is 9.59 Å². The summed E-state index contributed by atoms with van der Waals surface area (Å²) < 4.78 is 0. The monoisotopic (exact) mass is 114 g/mol. The molecule has 0 aliphatic rings. The minimum absolute atomic E-state index is 0.305. The van der Waals surface area contributed by atoms with Gasteiger partial charge in [-0.15, -0.1) is 0 Å². The zero-order valence-corrected chi connectivity index (χ0v) is 4.97. The smallest absolute Gasteiger partial charge is 0.248 e. The van der Waals surface area contributed by atoms with Gasteiger partial charge in [0.1, 0.15) is 0 Å². The normalized spacial score (nSPS) is 8.25. The highest BCUT2D eigenvalue weighted by molar-refractivity contribution is 5.93. The molecule has 0 atom stereocenters. The Hall–Kier alpha value is -0.860. The van der Waals surface area contributed by atoms with Crippen molar-refractivity contribution in [3.05, 3.63) is 0 Å². The first-order valence-electron chi connectivity index (χ1n) is 2.42. The van der Waals surface area contributed by atoms with Crippen LogP contribution in [0.2, 0.25) is 0 Å². The number of rotatable bonds is 1. The maximum absolute atomic E-state index is 10.2. The Morgan fingerprint density at radius 2 is 2.00 bits per heavy atom. The lowest BCUT2D eigenvalue weighted by Gasteiger charge is -1.88. The van der Waals surface area contributed by atoms with Gasteiger partial charge in [-0.05, 0) is 0 Å². The predicted molar refractivity (Wildman–Crippen MR) is 28.1 cm³/mol. The lowest BCUT2D eigenvalue weighted by molar-refractivity contribution is -0.129. The van der Waals surface area contributed by atoms with Gasteiger partial charge in [0.25, 0.3) is 0 Å². The number of amides is 2. The first-order chi connectivity index (χ1) is 3.66. The van der Waals surface area contributed by atoms with Crippen molar-refractivity contribution in [2.24, 2.45) is 0 Å². The van der Waals surface area contributed by atoms with E-state index in [-0.39, 0.29) is 5.91 Å². The molecule has 0 aliphatic carbocycles. The third kappa shape index (κ3) is 3.33. The van der Waals surface area contributed by atoms with E-state index >= 15 is 0 Å². The van der Waals surface area contributed by atoms with Crippen LogP contribution in [0.4, 0.5) is 0 Å². The van der Waals surface area contributed by atoms with Gasteiger partial charge in [0.05, 0.1) is 0 Å². The Morgan fingerprint density at radius 3 is 2.12 bits per heavy atom. The summed E-state index contributed by atoms with van der Waals surface area (Å²) in [5.74, 6) is -0.769. The van der Waals surface area contributed by atoms with Crippen molar-refractivity contribution in [1.29, 1.82) is 0 Å². The van der Waals surface area contributed by atoms with E-state index in [4.69, 9.17) is 0 Å². The molecule has 0 aromatic rings. The summed E-state index contributed by atoms with van der Waals surface area (Å²) in [6.45, 7) is 2.92.